The van der Waals surface area contributed by atoms with Crippen LogP contribution >= 0.6 is 0 Å². The van der Waals surface area contributed by atoms with E-state index in [2.05, 4.69) is 5.32 Å². The molecule has 1 fully saturated rings. The average molecular weight is 187 g/mol. The summed E-state index contributed by atoms with van der Waals surface area (Å²) in [6.45, 7) is 4.67. The first-order chi connectivity index (χ1) is 6.04. The van der Waals surface area contributed by atoms with Gasteiger partial charge < -0.3 is 15.2 Å². The second-order valence-corrected chi connectivity index (χ2v) is 3.77. The Hall–Kier alpha value is -0.610. The molecule has 0 aromatic carbocycles. The average Bonchev–Trinajstić information content (AvgIpc) is 2.04. The number of carbonyl (C=O) groups is 1. The van der Waals surface area contributed by atoms with Crippen LogP contribution in [0.2, 0.25) is 0 Å². The van der Waals surface area contributed by atoms with Crippen LogP contribution in [0.4, 0.5) is 0 Å². The van der Waals surface area contributed by atoms with Gasteiger partial charge in [-0.2, -0.15) is 0 Å². The fourth-order valence-corrected chi connectivity index (χ4v) is 1.33. The van der Waals surface area contributed by atoms with Gasteiger partial charge in [-0.3, -0.25) is 4.79 Å². The quantitative estimate of drug-likeness (QED) is 0.642. The normalized spacial score (nSPS) is 21.5. The second kappa shape index (κ2) is 4.07. The molecule has 0 aromatic heterocycles. The lowest BCUT2D eigenvalue weighted by molar-refractivity contribution is -0.149. The summed E-state index contributed by atoms with van der Waals surface area (Å²) in [6.07, 6.45) is 0.789. The van der Waals surface area contributed by atoms with E-state index < -0.39 is 5.60 Å². The Balaban J connectivity index is 2.51. The summed E-state index contributed by atoms with van der Waals surface area (Å²) in [5.74, 6) is -0.272. The van der Waals surface area contributed by atoms with E-state index in [-0.39, 0.29) is 11.9 Å². The van der Waals surface area contributed by atoms with Crippen LogP contribution in [0.1, 0.15) is 26.7 Å². The lowest BCUT2D eigenvalue weighted by atomic mass is 9.93. The molecular formula is C9H17NO3. The Morgan fingerprint density at radius 2 is 2.00 bits per heavy atom. The minimum Gasteiger partial charge on any atom is -0.381 e. The lowest BCUT2D eigenvalue weighted by Crippen LogP contribution is -2.51. The number of aliphatic hydroxyl groups is 1. The van der Waals surface area contributed by atoms with E-state index in [0.29, 0.717) is 26.1 Å². The van der Waals surface area contributed by atoms with Crippen molar-refractivity contribution in [3.05, 3.63) is 0 Å². The number of amides is 1. The summed E-state index contributed by atoms with van der Waals surface area (Å²) in [5.41, 5.74) is -1.21. The van der Waals surface area contributed by atoms with Crippen molar-refractivity contribution in [2.75, 3.05) is 13.2 Å². The van der Waals surface area contributed by atoms with E-state index in [0.717, 1.165) is 0 Å². The monoisotopic (exact) mass is 187 g/mol. The maximum Gasteiger partial charge on any atom is 0.252 e. The Kier molecular flexibility index (Phi) is 3.27. The summed E-state index contributed by atoms with van der Waals surface area (Å²) in [5, 5.41) is 12.6. The van der Waals surface area contributed by atoms with Crippen LogP contribution in [-0.2, 0) is 9.53 Å². The smallest absolute Gasteiger partial charge is 0.252 e. The number of nitrogens with one attached hydrogen (secondary N) is 1. The first-order valence-electron chi connectivity index (χ1n) is 4.66. The third kappa shape index (κ3) is 2.67. The standard InChI is InChI=1S/C9H17NO3/c1-7(2)10-8(11)9(12)3-5-13-6-4-9/h7,12H,3-6H2,1-2H3,(H,10,11). The summed E-state index contributed by atoms with van der Waals surface area (Å²) >= 11 is 0. The van der Waals surface area contributed by atoms with E-state index in [4.69, 9.17) is 4.74 Å². The lowest BCUT2D eigenvalue weighted by Gasteiger charge is -2.31. The third-order valence-electron chi connectivity index (χ3n) is 2.16. The molecule has 1 aliphatic heterocycles. The van der Waals surface area contributed by atoms with Crippen molar-refractivity contribution in [2.24, 2.45) is 0 Å². The van der Waals surface area contributed by atoms with Crippen LogP contribution in [0.15, 0.2) is 0 Å². The molecule has 0 radical (unpaired) electrons. The molecule has 1 amide bonds. The summed E-state index contributed by atoms with van der Waals surface area (Å²) < 4.78 is 5.08. The van der Waals surface area contributed by atoms with E-state index in [1.54, 1.807) is 0 Å². The number of carbonyl (C=O) groups excluding carboxylic acids is 1. The van der Waals surface area contributed by atoms with E-state index in [1.165, 1.54) is 0 Å². The molecule has 0 spiro atoms. The molecule has 4 heteroatoms. The van der Waals surface area contributed by atoms with Gasteiger partial charge in [-0.1, -0.05) is 0 Å². The van der Waals surface area contributed by atoms with Gasteiger partial charge in [0.15, 0.2) is 0 Å². The largest absolute Gasteiger partial charge is 0.381 e. The van der Waals surface area contributed by atoms with Crippen molar-refractivity contribution in [1.82, 2.24) is 5.32 Å². The third-order valence-corrected chi connectivity index (χ3v) is 2.16. The summed E-state index contributed by atoms with van der Waals surface area (Å²) in [6, 6.07) is 0.0689. The van der Waals surface area contributed by atoms with Gasteiger partial charge in [0, 0.05) is 32.1 Å². The highest BCUT2D eigenvalue weighted by Gasteiger charge is 2.37. The number of ether oxygens (including phenoxy) is 1. The Bertz CT molecular complexity index is 185. The zero-order valence-electron chi connectivity index (χ0n) is 8.17. The molecule has 1 saturated heterocycles. The molecule has 0 saturated carbocycles. The molecule has 0 aromatic rings. The molecular weight excluding hydrogens is 170 g/mol. The van der Waals surface area contributed by atoms with Crippen LogP contribution < -0.4 is 5.32 Å². The fraction of sp³-hybridized carbons (Fsp3) is 0.889. The first kappa shape index (κ1) is 10.5. The predicted octanol–water partition coefficient (Wildman–Crippen LogP) is 0.0525. The first-order valence-corrected chi connectivity index (χ1v) is 4.66. The van der Waals surface area contributed by atoms with Crippen molar-refractivity contribution in [1.29, 1.82) is 0 Å². The zero-order valence-corrected chi connectivity index (χ0v) is 8.17. The van der Waals surface area contributed by atoms with Gasteiger partial charge in [-0.05, 0) is 13.8 Å². The molecule has 0 atom stereocenters. The van der Waals surface area contributed by atoms with Crippen molar-refractivity contribution in [3.63, 3.8) is 0 Å². The molecule has 0 unspecified atom stereocenters. The zero-order chi connectivity index (χ0) is 9.90. The maximum atomic E-state index is 11.5. The Labute approximate surface area is 78.3 Å². The second-order valence-electron chi connectivity index (χ2n) is 3.77. The van der Waals surface area contributed by atoms with Gasteiger partial charge in [0.1, 0.15) is 5.60 Å². The Morgan fingerprint density at radius 3 is 2.46 bits per heavy atom. The summed E-state index contributed by atoms with van der Waals surface area (Å²) in [7, 11) is 0. The minimum atomic E-state index is -1.21. The Morgan fingerprint density at radius 1 is 1.46 bits per heavy atom. The van der Waals surface area contributed by atoms with Crippen LogP contribution in [-0.4, -0.2) is 35.9 Å². The molecule has 2 N–H and O–H groups in total. The molecule has 1 heterocycles. The van der Waals surface area contributed by atoms with Gasteiger partial charge in [-0.15, -0.1) is 0 Å². The highest BCUT2D eigenvalue weighted by atomic mass is 16.5. The molecule has 13 heavy (non-hydrogen) atoms. The van der Waals surface area contributed by atoms with Crippen LogP contribution in [0.5, 0.6) is 0 Å². The van der Waals surface area contributed by atoms with Gasteiger partial charge in [0.05, 0.1) is 0 Å². The van der Waals surface area contributed by atoms with E-state index in [1.807, 2.05) is 13.8 Å². The topological polar surface area (TPSA) is 58.6 Å². The minimum absolute atomic E-state index is 0.0689. The van der Waals surface area contributed by atoms with E-state index >= 15 is 0 Å². The fourth-order valence-electron chi connectivity index (χ4n) is 1.33. The molecule has 4 nitrogen and oxygen atoms in total. The van der Waals surface area contributed by atoms with Crippen molar-refractivity contribution >= 4 is 5.91 Å². The molecule has 1 aliphatic rings. The van der Waals surface area contributed by atoms with Crippen LogP contribution in [0, 0.1) is 0 Å². The van der Waals surface area contributed by atoms with Gasteiger partial charge in [0.25, 0.3) is 5.91 Å². The molecule has 1 rings (SSSR count). The van der Waals surface area contributed by atoms with Gasteiger partial charge in [0.2, 0.25) is 0 Å². The number of hydrogen-bond donors (Lipinski definition) is 2. The van der Waals surface area contributed by atoms with Gasteiger partial charge in [-0.25, -0.2) is 0 Å². The molecule has 0 bridgehead atoms. The van der Waals surface area contributed by atoms with Crippen LogP contribution in [0.3, 0.4) is 0 Å². The number of rotatable bonds is 2. The maximum absolute atomic E-state index is 11.5. The molecule has 0 aliphatic carbocycles. The number of hydrogen-bond acceptors (Lipinski definition) is 3. The van der Waals surface area contributed by atoms with E-state index in [9.17, 15) is 9.90 Å². The van der Waals surface area contributed by atoms with Crippen molar-refractivity contribution < 1.29 is 14.6 Å². The molecule has 76 valence electrons. The van der Waals surface area contributed by atoms with Crippen molar-refractivity contribution in [2.45, 2.75) is 38.3 Å². The highest BCUT2D eigenvalue weighted by Crippen LogP contribution is 2.20. The summed E-state index contributed by atoms with van der Waals surface area (Å²) in [4.78, 5) is 11.5. The highest BCUT2D eigenvalue weighted by molar-refractivity contribution is 5.85. The van der Waals surface area contributed by atoms with Crippen LogP contribution in [0.25, 0.3) is 0 Å². The van der Waals surface area contributed by atoms with Gasteiger partial charge >= 0.3 is 0 Å². The SMILES string of the molecule is CC(C)NC(=O)C1(O)CCOCC1. The predicted molar refractivity (Wildman–Crippen MR) is 48.3 cm³/mol. The van der Waals surface area contributed by atoms with Crippen molar-refractivity contribution in [3.8, 4) is 0 Å².